The van der Waals surface area contributed by atoms with E-state index in [1.165, 1.54) is 9.58 Å². The van der Waals surface area contributed by atoms with Crippen LogP contribution in [0, 0.1) is 0 Å². The van der Waals surface area contributed by atoms with Crippen LogP contribution >= 0.6 is 0 Å². The number of aryl methyl sites for hydroxylation is 1. The molecule has 4 rings (SSSR count). The van der Waals surface area contributed by atoms with Crippen LogP contribution in [-0.2, 0) is 19.0 Å². The van der Waals surface area contributed by atoms with Crippen molar-refractivity contribution in [2.45, 2.75) is 51.6 Å². The number of alkyl halides is 3. The second-order valence-electron chi connectivity index (χ2n) is 8.19. The van der Waals surface area contributed by atoms with Gasteiger partial charge in [0.05, 0.1) is 11.4 Å². The van der Waals surface area contributed by atoms with Gasteiger partial charge in [0.15, 0.2) is 5.69 Å². The number of hydrogen-bond donors (Lipinski definition) is 0. The van der Waals surface area contributed by atoms with Crippen molar-refractivity contribution in [1.82, 2.24) is 14.8 Å². The number of pyridine rings is 1. The Kier molecular flexibility index (Phi) is 5.79. The number of fused-ring (bicyclic) bond motifs is 1. The molecule has 3 aromatic rings. The minimum atomic E-state index is -4.52. The maximum absolute atomic E-state index is 13.7. The van der Waals surface area contributed by atoms with Gasteiger partial charge in [0.2, 0.25) is 0 Å². The van der Waals surface area contributed by atoms with Crippen molar-refractivity contribution < 1.29 is 18.0 Å². The average Bonchev–Trinajstić information content (AvgIpc) is 3.20. The van der Waals surface area contributed by atoms with Gasteiger partial charge >= 0.3 is 6.18 Å². The fourth-order valence-electron chi connectivity index (χ4n) is 4.31. The summed E-state index contributed by atoms with van der Waals surface area (Å²) in [5, 5.41) is 3.97. The lowest BCUT2D eigenvalue weighted by Gasteiger charge is -2.22. The van der Waals surface area contributed by atoms with Crippen LogP contribution in [0.5, 0.6) is 0 Å². The summed E-state index contributed by atoms with van der Waals surface area (Å²) < 4.78 is 42.3. The third-order valence-electron chi connectivity index (χ3n) is 6.01. The number of nitrogens with zero attached hydrogens (tertiary/aromatic N) is 4. The predicted octanol–water partition coefficient (Wildman–Crippen LogP) is 5.56. The number of rotatable bonds is 4. The van der Waals surface area contributed by atoms with Crippen molar-refractivity contribution in [3.05, 3.63) is 70.8 Å². The molecule has 2 heterocycles. The summed E-state index contributed by atoms with van der Waals surface area (Å²) in [6.45, 7) is 3.91. The summed E-state index contributed by atoms with van der Waals surface area (Å²) in [5.41, 5.74) is 2.44. The number of hydrogen-bond acceptors (Lipinski definition) is 3. The van der Waals surface area contributed by atoms with Crippen LogP contribution in [0.3, 0.4) is 0 Å². The number of amides is 1. The fourth-order valence-corrected chi connectivity index (χ4v) is 4.31. The molecule has 0 aliphatic heterocycles. The van der Waals surface area contributed by atoms with Crippen molar-refractivity contribution in [1.29, 1.82) is 0 Å². The maximum atomic E-state index is 13.7. The van der Waals surface area contributed by atoms with Gasteiger partial charge in [0, 0.05) is 35.8 Å². The van der Waals surface area contributed by atoms with E-state index in [9.17, 15) is 18.0 Å². The van der Waals surface area contributed by atoms with Crippen LogP contribution in [0.25, 0.3) is 5.69 Å². The first kappa shape index (κ1) is 22.0. The van der Waals surface area contributed by atoms with Crippen molar-refractivity contribution in [2.24, 2.45) is 0 Å². The molecule has 168 valence electrons. The average molecular weight is 442 g/mol. The molecule has 8 heteroatoms. The van der Waals surface area contributed by atoms with Gasteiger partial charge in [-0.05, 0) is 61.9 Å². The van der Waals surface area contributed by atoms with E-state index < -0.39 is 11.9 Å². The zero-order valence-electron chi connectivity index (χ0n) is 18.3. The van der Waals surface area contributed by atoms with E-state index in [0.29, 0.717) is 35.5 Å². The molecule has 1 aliphatic rings. The third kappa shape index (κ3) is 4.01. The summed E-state index contributed by atoms with van der Waals surface area (Å²) in [7, 11) is 1.67. The summed E-state index contributed by atoms with van der Waals surface area (Å²) in [6, 6.07) is 10.2. The van der Waals surface area contributed by atoms with Crippen molar-refractivity contribution in [3.63, 3.8) is 0 Å². The fraction of sp³-hybridized carbons (Fsp3) is 0.375. The quantitative estimate of drug-likeness (QED) is 0.531. The lowest BCUT2D eigenvalue weighted by Crippen LogP contribution is -2.26. The molecule has 1 amide bonds. The molecule has 1 unspecified atom stereocenters. The van der Waals surface area contributed by atoms with E-state index in [1.807, 2.05) is 19.9 Å². The van der Waals surface area contributed by atoms with Gasteiger partial charge in [-0.1, -0.05) is 19.9 Å². The minimum Gasteiger partial charge on any atom is -0.311 e. The molecule has 2 aromatic heterocycles. The Balaban J connectivity index is 1.74. The van der Waals surface area contributed by atoms with Crippen molar-refractivity contribution in [2.75, 3.05) is 11.9 Å². The smallest absolute Gasteiger partial charge is 0.311 e. The molecular weight excluding hydrogens is 417 g/mol. The number of carbonyl (C=O) groups excluding carboxylic acids is 1. The molecule has 0 bridgehead atoms. The number of benzene rings is 1. The van der Waals surface area contributed by atoms with Gasteiger partial charge in [0.1, 0.15) is 0 Å². The highest BCUT2D eigenvalue weighted by Gasteiger charge is 2.41. The Labute approximate surface area is 184 Å². The van der Waals surface area contributed by atoms with E-state index in [1.54, 1.807) is 43.6 Å². The summed E-state index contributed by atoms with van der Waals surface area (Å²) in [6.07, 6.45) is -0.243. The number of carbonyl (C=O) groups is 1. The molecule has 32 heavy (non-hydrogen) atoms. The SMILES string of the molecule is CCc1cc(N(C)C(=O)c2cccc(-n3nc(C(F)(F)F)c4c3C(C)CCC4)c2)ccn1. The van der Waals surface area contributed by atoms with E-state index in [0.717, 1.165) is 18.5 Å². The Morgan fingerprint density at radius 1 is 1.25 bits per heavy atom. The largest absolute Gasteiger partial charge is 0.435 e. The maximum Gasteiger partial charge on any atom is 0.435 e. The van der Waals surface area contributed by atoms with Crippen LogP contribution in [0.15, 0.2) is 42.6 Å². The number of anilines is 1. The van der Waals surface area contributed by atoms with Gasteiger partial charge in [-0.25, -0.2) is 4.68 Å². The molecular formula is C24H25F3N4O. The van der Waals surface area contributed by atoms with Gasteiger partial charge in [-0.2, -0.15) is 18.3 Å². The van der Waals surface area contributed by atoms with Gasteiger partial charge in [0.25, 0.3) is 5.91 Å². The van der Waals surface area contributed by atoms with Crippen molar-refractivity contribution in [3.8, 4) is 5.69 Å². The molecule has 1 aromatic carbocycles. The Hall–Kier alpha value is -3.16. The normalized spacial score (nSPS) is 16.0. The standard InChI is InChI=1S/C24H25F3N4O/c1-4-17-14-18(11-12-28-17)30(3)23(32)16-8-6-9-19(13-16)31-21-15(2)7-5-10-20(21)22(29-31)24(25,26)27/h6,8-9,11-15H,4-5,7,10H2,1-3H3. The molecule has 0 saturated heterocycles. The lowest BCUT2D eigenvalue weighted by atomic mass is 9.87. The van der Waals surface area contributed by atoms with Crippen LogP contribution in [0.1, 0.15) is 65.6 Å². The van der Waals surface area contributed by atoms with Gasteiger partial charge in [-0.15, -0.1) is 0 Å². The molecule has 0 N–H and O–H groups in total. The molecule has 5 nitrogen and oxygen atoms in total. The van der Waals surface area contributed by atoms with Crippen LogP contribution in [0.2, 0.25) is 0 Å². The highest BCUT2D eigenvalue weighted by molar-refractivity contribution is 6.06. The zero-order valence-corrected chi connectivity index (χ0v) is 18.3. The zero-order chi connectivity index (χ0) is 23.0. The minimum absolute atomic E-state index is 0.0475. The second kappa shape index (κ2) is 8.41. The number of aromatic nitrogens is 3. The number of halogens is 3. The molecule has 1 atom stereocenters. The van der Waals surface area contributed by atoms with Gasteiger partial charge in [-0.3, -0.25) is 9.78 Å². The highest BCUT2D eigenvalue weighted by Crippen LogP contribution is 2.40. The summed E-state index contributed by atoms with van der Waals surface area (Å²) in [4.78, 5) is 18.9. The van der Waals surface area contributed by atoms with Gasteiger partial charge < -0.3 is 4.90 Å². The summed E-state index contributed by atoms with van der Waals surface area (Å²) in [5.74, 6) is -0.307. The first-order valence-corrected chi connectivity index (χ1v) is 10.7. The first-order valence-electron chi connectivity index (χ1n) is 10.7. The van der Waals surface area contributed by atoms with Crippen LogP contribution in [0.4, 0.5) is 18.9 Å². The molecule has 1 aliphatic carbocycles. The van der Waals surface area contributed by atoms with Crippen molar-refractivity contribution >= 4 is 11.6 Å². The monoisotopic (exact) mass is 442 g/mol. The summed E-state index contributed by atoms with van der Waals surface area (Å²) >= 11 is 0. The molecule has 0 fully saturated rings. The van der Waals surface area contributed by atoms with E-state index in [-0.39, 0.29) is 17.4 Å². The predicted molar refractivity (Wildman–Crippen MR) is 116 cm³/mol. The Bertz CT molecular complexity index is 1150. The Morgan fingerprint density at radius 2 is 2.03 bits per heavy atom. The van der Waals surface area contributed by atoms with Crippen LogP contribution in [-0.4, -0.2) is 27.7 Å². The topological polar surface area (TPSA) is 51.0 Å². The molecule has 0 saturated carbocycles. The van der Waals surface area contributed by atoms with Crippen LogP contribution < -0.4 is 4.90 Å². The van der Waals surface area contributed by atoms with E-state index in [4.69, 9.17) is 0 Å². The Morgan fingerprint density at radius 3 is 2.75 bits per heavy atom. The lowest BCUT2D eigenvalue weighted by molar-refractivity contribution is -0.142. The second-order valence-corrected chi connectivity index (χ2v) is 8.19. The first-order chi connectivity index (χ1) is 15.2. The molecule has 0 spiro atoms. The third-order valence-corrected chi connectivity index (χ3v) is 6.01. The van der Waals surface area contributed by atoms with E-state index >= 15 is 0 Å². The van der Waals surface area contributed by atoms with E-state index in [2.05, 4.69) is 10.1 Å². The molecule has 0 radical (unpaired) electrons. The highest BCUT2D eigenvalue weighted by atomic mass is 19.4.